The van der Waals surface area contributed by atoms with E-state index in [-0.39, 0.29) is 24.1 Å². The first-order chi connectivity index (χ1) is 13.1. The molecule has 3 rings (SSSR count). The number of fused-ring (bicyclic) bond motifs is 1. The number of hydrogen-bond acceptors (Lipinski definition) is 5. The highest BCUT2D eigenvalue weighted by Gasteiger charge is 2.21. The number of hydrogen-bond donors (Lipinski definition) is 4. The van der Waals surface area contributed by atoms with Gasteiger partial charge in [-0.25, -0.2) is 5.10 Å². The van der Waals surface area contributed by atoms with Gasteiger partial charge in [-0.15, -0.1) is 0 Å². The van der Waals surface area contributed by atoms with Crippen molar-refractivity contribution in [1.29, 1.82) is 0 Å². The fourth-order valence-corrected chi connectivity index (χ4v) is 3.19. The normalized spacial score (nSPS) is 14.5. The van der Waals surface area contributed by atoms with Gasteiger partial charge < -0.3 is 5.32 Å². The predicted molar refractivity (Wildman–Crippen MR) is 97.6 cm³/mol. The van der Waals surface area contributed by atoms with E-state index in [1.807, 2.05) is 0 Å². The van der Waals surface area contributed by atoms with Crippen LogP contribution in [0.3, 0.4) is 0 Å². The van der Waals surface area contributed by atoms with E-state index >= 15 is 0 Å². The SMILES string of the molecule is O=C(CNC(=O)C1CCCCC1)NNC(=O)c1n[nH]c(=O)c2ccccc12. The summed E-state index contributed by atoms with van der Waals surface area (Å²) in [4.78, 5) is 47.9. The quantitative estimate of drug-likeness (QED) is 0.577. The number of hydrazine groups is 1. The summed E-state index contributed by atoms with van der Waals surface area (Å²) < 4.78 is 0. The molecule has 0 bridgehead atoms. The van der Waals surface area contributed by atoms with E-state index in [2.05, 4.69) is 26.4 Å². The van der Waals surface area contributed by atoms with E-state index in [0.717, 1.165) is 32.1 Å². The zero-order valence-corrected chi connectivity index (χ0v) is 14.7. The Morgan fingerprint density at radius 2 is 1.74 bits per heavy atom. The molecule has 2 aromatic rings. The topological polar surface area (TPSA) is 133 Å². The maximum atomic E-state index is 12.3. The Labute approximate surface area is 154 Å². The number of H-pyrrole nitrogens is 1. The van der Waals surface area contributed by atoms with Gasteiger partial charge in [0.1, 0.15) is 0 Å². The average Bonchev–Trinajstić information content (AvgIpc) is 2.71. The first-order valence-electron chi connectivity index (χ1n) is 8.90. The Bertz CT molecular complexity index is 917. The van der Waals surface area contributed by atoms with Gasteiger partial charge in [-0.1, -0.05) is 37.5 Å². The van der Waals surface area contributed by atoms with Crippen molar-refractivity contribution in [2.24, 2.45) is 5.92 Å². The molecule has 3 amide bonds. The van der Waals surface area contributed by atoms with Crippen LogP contribution in [0.25, 0.3) is 10.8 Å². The summed E-state index contributed by atoms with van der Waals surface area (Å²) in [5.41, 5.74) is 4.05. The van der Waals surface area contributed by atoms with Gasteiger partial charge in [0.2, 0.25) is 5.91 Å². The third-order valence-corrected chi connectivity index (χ3v) is 4.63. The Kier molecular flexibility index (Phi) is 5.80. The zero-order valence-electron chi connectivity index (χ0n) is 14.7. The Morgan fingerprint density at radius 1 is 1.04 bits per heavy atom. The number of nitrogens with zero attached hydrogens (tertiary/aromatic N) is 1. The molecule has 0 unspecified atom stereocenters. The summed E-state index contributed by atoms with van der Waals surface area (Å²) >= 11 is 0. The van der Waals surface area contributed by atoms with Gasteiger partial charge in [0.25, 0.3) is 17.4 Å². The Hall–Kier alpha value is -3.23. The second kappa shape index (κ2) is 8.43. The van der Waals surface area contributed by atoms with Gasteiger partial charge in [-0.2, -0.15) is 5.10 Å². The molecule has 1 aliphatic carbocycles. The second-order valence-corrected chi connectivity index (χ2v) is 6.50. The molecule has 1 aromatic carbocycles. The number of carbonyl (C=O) groups is 3. The lowest BCUT2D eigenvalue weighted by atomic mass is 9.89. The highest BCUT2D eigenvalue weighted by molar-refractivity contribution is 6.05. The molecule has 1 fully saturated rings. The van der Waals surface area contributed by atoms with Crippen molar-refractivity contribution < 1.29 is 14.4 Å². The number of benzene rings is 1. The molecule has 0 saturated heterocycles. The molecule has 9 heteroatoms. The molecular formula is C18H21N5O4. The van der Waals surface area contributed by atoms with Gasteiger partial charge in [0.05, 0.1) is 11.9 Å². The summed E-state index contributed by atoms with van der Waals surface area (Å²) in [7, 11) is 0. The van der Waals surface area contributed by atoms with Crippen LogP contribution in [0.15, 0.2) is 29.1 Å². The molecule has 0 atom stereocenters. The van der Waals surface area contributed by atoms with Crippen molar-refractivity contribution in [2.45, 2.75) is 32.1 Å². The minimum Gasteiger partial charge on any atom is -0.347 e. The molecule has 9 nitrogen and oxygen atoms in total. The molecule has 0 aliphatic heterocycles. The first kappa shape index (κ1) is 18.6. The molecule has 4 N–H and O–H groups in total. The Morgan fingerprint density at radius 3 is 2.48 bits per heavy atom. The standard InChI is InChI=1S/C18H21N5O4/c24-14(10-19-16(25)11-6-2-1-3-7-11)20-23-18(27)15-12-8-4-5-9-13(12)17(26)22-21-15/h4-5,8-9,11H,1-3,6-7,10H2,(H,19,25)(H,20,24)(H,22,26)(H,23,27). The number of carbonyl (C=O) groups excluding carboxylic acids is 3. The van der Waals surface area contributed by atoms with Crippen molar-refractivity contribution in [2.75, 3.05) is 6.54 Å². The summed E-state index contributed by atoms with van der Waals surface area (Å²) in [5, 5.41) is 9.28. The molecule has 0 radical (unpaired) electrons. The molecule has 1 heterocycles. The highest BCUT2D eigenvalue weighted by Crippen LogP contribution is 2.23. The van der Waals surface area contributed by atoms with Crippen LogP contribution in [0.4, 0.5) is 0 Å². The van der Waals surface area contributed by atoms with Crippen LogP contribution < -0.4 is 21.7 Å². The monoisotopic (exact) mass is 371 g/mol. The zero-order chi connectivity index (χ0) is 19.2. The van der Waals surface area contributed by atoms with Gasteiger partial charge in [-0.3, -0.25) is 30.0 Å². The fraction of sp³-hybridized carbons (Fsp3) is 0.389. The fourth-order valence-electron chi connectivity index (χ4n) is 3.19. The number of aromatic nitrogens is 2. The van der Waals surface area contributed by atoms with Crippen LogP contribution in [0, 0.1) is 5.92 Å². The van der Waals surface area contributed by atoms with Crippen LogP contribution in [0.5, 0.6) is 0 Å². The van der Waals surface area contributed by atoms with E-state index in [1.54, 1.807) is 24.3 Å². The minimum absolute atomic E-state index is 0.0169. The molecule has 1 aliphatic rings. The smallest absolute Gasteiger partial charge is 0.290 e. The van der Waals surface area contributed by atoms with Crippen LogP contribution in [-0.4, -0.2) is 34.5 Å². The maximum Gasteiger partial charge on any atom is 0.290 e. The molecule has 142 valence electrons. The first-order valence-corrected chi connectivity index (χ1v) is 8.90. The van der Waals surface area contributed by atoms with Crippen LogP contribution in [0.2, 0.25) is 0 Å². The van der Waals surface area contributed by atoms with E-state index in [9.17, 15) is 19.2 Å². The second-order valence-electron chi connectivity index (χ2n) is 6.50. The van der Waals surface area contributed by atoms with E-state index in [0.29, 0.717) is 10.8 Å². The summed E-state index contributed by atoms with van der Waals surface area (Å²) in [5.74, 6) is -1.40. The lowest BCUT2D eigenvalue weighted by Gasteiger charge is -2.20. The number of nitrogens with one attached hydrogen (secondary N) is 4. The lowest BCUT2D eigenvalue weighted by molar-refractivity contribution is -0.129. The van der Waals surface area contributed by atoms with Crippen LogP contribution in [-0.2, 0) is 9.59 Å². The van der Waals surface area contributed by atoms with Crippen LogP contribution in [0.1, 0.15) is 42.6 Å². The van der Waals surface area contributed by atoms with Crippen molar-refractivity contribution in [3.8, 4) is 0 Å². The molecule has 0 spiro atoms. The summed E-state index contributed by atoms with van der Waals surface area (Å²) in [6.45, 7) is -0.227. The molecule has 1 saturated carbocycles. The molecule has 1 aromatic heterocycles. The number of rotatable bonds is 4. The molecule has 27 heavy (non-hydrogen) atoms. The summed E-state index contributed by atoms with van der Waals surface area (Å²) in [6.07, 6.45) is 4.88. The number of amides is 3. The van der Waals surface area contributed by atoms with Crippen molar-refractivity contribution in [3.63, 3.8) is 0 Å². The van der Waals surface area contributed by atoms with E-state index in [4.69, 9.17) is 0 Å². The third-order valence-electron chi connectivity index (χ3n) is 4.63. The van der Waals surface area contributed by atoms with Gasteiger partial charge in [0.15, 0.2) is 5.69 Å². The van der Waals surface area contributed by atoms with Gasteiger partial charge in [-0.05, 0) is 18.9 Å². The van der Waals surface area contributed by atoms with E-state index in [1.165, 1.54) is 0 Å². The maximum absolute atomic E-state index is 12.3. The molecular weight excluding hydrogens is 350 g/mol. The van der Waals surface area contributed by atoms with Gasteiger partial charge in [0, 0.05) is 11.3 Å². The largest absolute Gasteiger partial charge is 0.347 e. The van der Waals surface area contributed by atoms with Crippen LogP contribution >= 0.6 is 0 Å². The van der Waals surface area contributed by atoms with E-state index < -0.39 is 17.4 Å². The predicted octanol–water partition coefficient (Wildman–Crippen LogP) is 0.381. The van der Waals surface area contributed by atoms with Crippen molar-refractivity contribution >= 4 is 28.5 Å². The minimum atomic E-state index is -0.672. The summed E-state index contributed by atoms with van der Waals surface area (Å²) in [6, 6.07) is 6.53. The number of aromatic amines is 1. The van der Waals surface area contributed by atoms with Crippen molar-refractivity contribution in [1.82, 2.24) is 26.4 Å². The third kappa shape index (κ3) is 4.49. The lowest BCUT2D eigenvalue weighted by Crippen LogP contribution is -2.47. The van der Waals surface area contributed by atoms with Crippen molar-refractivity contribution in [3.05, 3.63) is 40.3 Å². The average molecular weight is 371 g/mol. The highest BCUT2D eigenvalue weighted by atomic mass is 16.2. The Balaban J connectivity index is 1.53. The van der Waals surface area contributed by atoms with Gasteiger partial charge >= 0.3 is 0 Å².